The monoisotopic (exact) mass is 297 g/mol. The summed E-state index contributed by atoms with van der Waals surface area (Å²) in [4.78, 5) is 0. The van der Waals surface area contributed by atoms with E-state index in [1.54, 1.807) is 0 Å². The number of halogens is 1. The van der Waals surface area contributed by atoms with Crippen molar-refractivity contribution in [3.63, 3.8) is 0 Å². The van der Waals surface area contributed by atoms with E-state index in [-0.39, 0.29) is 12.4 Å². The summed E-state index contributed by atoms with van der Waals surface area (Å²) in [5.74, 6) is 2.42. The van der Waals surface area contributed by atoms with Crippen LogP contribution in [-0.4, -0.2) is 19.7 Å². The molecule has 2 rings (SSSR count). The highest BCUT2D eigenvalue weighted by Gasteiger charge is 2.13. The molecule has 2 nitrogen and oxygen atoms in total. The van der Waals surface area contributed by atoms with E-state index in [0.717, 1.165) is 24.8 Å². The average molecular weight is 298 g/mol. The van der Waals surface area contributed by atoms with Gasteiger partial charge in [0.2, 0.25) is 0 Å². The fourth-order valence-electron chi connectivity index (χ4n) is 2.64. The minimum absolute atomic E-state index is 0. The summed E-state index contributed by atoms with van der Waals surface area (Å²) in [6.07, 6.45) is 3.83. The number of hydrogen-bond donors (Lipinski definition) is 1. The number of nitrogens with one attached hydrogen (secondary N) is 1. The van der Waals surface area contributed by atoms with Crippen molar-refractivity contribution < 1.29 is 4.74 Å². The molecule has 1 atom stereocenters. The summed E-state index contributed by atoms with van der Waals surface area (Å²) < 4.78 is 6.00. The first kappa shape index (κ1) is 17.3. The van der Waals surface area contributed by atoms with Gasteiger partial charge in [0, 0.05) is 0 Å². The van der Waals surface area contributed by atoms with Crippen LogP contribution in [0.2, 0.25) is 0 Å². The third-order valence-corrected chi connectivity index (χ3v) is 4.06. The predicted molar refractivity (Wildman–Crippen MR) is 88.2 cm³/mol. The second-order valence-corrected chi connectivity index (χ2v) is 6.03. The molecule has 0 spiro atoms. The van der Waals surface area contributed by atoms with Crippen molar-refractivity contribution in [1.82, 2.24) is 5.32 Å². The molecule has 1 aromatic rings. The summed E-state index contributed by atoms with van der Waals surface area (Å²) in [5.41, 5.74) is 2.60. The van der Waals surface area contributed by atoms with Crippen molar-refractivity contribution in [3.05, 3.63) is 29.3 Å². The van der Waals surface area contributed by atoms with Crippen LogP contribution < -0.4 is 10.1 Å². The first-order valence-corrected chi connectivity index (χ1v) is 7.61. The van der Waals surface area contributed by atoms with Gasteiger partial charge in [-0.3, -0.25) is 0 Å². The third kappa shape index (κ3) is 4.99. The quantitative estimate of drug-likeness (QED) is 0.874. The SMILES string of the molecule is Cc1ccc(C(C)C)cc1OCCC1CCCNC1.Cl. The second kappa shape index (κ2) is 8.53. The Morgan fingerprint density at radius 2 is 2.15 bits per heavy atom. The summed E-state index contributed by atoms with van der Waals surface area (Å²) >= 11 is 0. The van der Waals surface area contributed by atoms with Crippen LogP contribution in [0.5, 0.6) is 5.75 Å². The molecule has 0 aliphatic carbocycles. The van der Waals surface area contributed by atoms with E-state index >= 15 is 0 Å². The zero-order valence-electron chi connectivity index (χ0n) is 12.9. The van der Waals surface area contributed by atoms with Gasteiger partial charge in [0.15, 0.2) is 0 Å². The van der Waals surface area contributed by atoms with Crippen molar-refractivity contribution in [2.75, 3.05) is 19.7 Å². The predicted octanol–water partition coefficient (Wildman–Crippen LogP) is 4.31. The average Bonchev–Trinajstić information content (AvgIpc) is 2.42. The maximum atomic E-state index is 6.00. The number of hydrogen-bond acceptors (Lipinski definition) is 2. The molecule has 114 valence electrons. The van der Waals surface area contributed by atoms with Gasteiger partial charge in [0.05, 0.1) is 6.61 Å². The zero-order chi connectivity index (χ0) is 13.7. The van der Waals surface area contributed by atoms with Crippen molar-refractivity contribution in [2.45, 2.75) is 46.0 Å². The van der Waals surface area contributed by atoms with Crippen molar-refractivity contribution in [2.24, 2.45) is 5.92 Å². The third-order valence-electron chi connectivity index (χ3n) is 4.06. The van der Waals surface area contributed by atoms with Gasteiger partial charge < -0.3 is 10.1 Å². The minimum Gasteiger partial charge on any atom is -0.493 e. The molecule has 0 saturated carbocycles. The van der Waals surface area contributed by atoms with Crippen LogP contribution in [0.25, 0.3) is 0 Å². The molecule has 0 radical (unpaired) electrons. The van der Waals surface area contributed by atoms with Crippen LogP contribution in [0.15, 0.2) is 18.2 Å². The molecule has 1 unspecified atom stereocenters. The molecule has 3 heteroatoms. The van der Waals surface area contributed by atoms with E-state index in [1.165, 1.54) is 36.9 Å². The van der Waals surface area contributed by atoms with Gasteiger partial charge in [-0.15, -0.1) is 12.4 Å². The Kier molecular flexibility index (Phi) is 7.39. The molecular weight excluding hydrogens is 270 g/mol. The van der Waals surface area contributed by atoms with E-state index in [4.69, 9.17) is 4.74 Å². The summed E-state index contributed by atoms with van der Waals surface area (Å²) in [7, 11) is 0. The van der Waals surface area contributed by atoms with Crippen LogP contribution in [0, 0.1) is 12.8 Å². The molecule has 1 saturated heterocycles. The lowest BCUT2D eigenvalue weighted by atomic mass is 9.97. The Balaban J connectivity index is 0.00000200. The molecule has 1 aromatic carbocycles. The number of piperidine rings is 1. The second-order valence-electron chi connectivity index (χ2n) is 6.03. The van der Waals surface area contributed by atoms with Crippen LogP contribution in [0.3, 0.4) is 0 Å². The van der Waals surface area contributed by atoms with Gasteiger partial charge in [-0.05, 0) is 68.3 Å². The smallest absolute Gasteiger partial charge is 0.122 e. The summed E-state index contributed by atoms with van der Waals surface area (Å²) in [6.45, 7) is 9.77. The van der Waals surface area contributed by atoms with Gasteiger partial charge in [-0.2, -0.15) is 0 Å². The Labute approximate surface area is 129 Å². The normalized spacial score (nSPS) is 18.7. The van der Waals surface area contributed by atoms with E-state index in [2.05, 4.69) is 44.3 Å². The van der Waals surface area contributed by atoms with E-state index in [1.807, 2.05) is 0 Å². The first-order valence-electron chi connectivity index (χ1n) is 7.61. The lowest BCUT2D eigenvalue weighted by Gasteiger charge is -2.23. The molecule has 1 N–H and O–H groups in total. The fourth-order valence-corrected chi connectivity index (χ4v) is 2.64. The van der Waals surface area contributed by atoms with Crippen LogP contribution in [0.4, 0.5) is 0 Å². The van der Waals surface area contributed by atoms with Gasteiger partial charge >= 0.3 is 0 Å². The van der Waals surface area contributed by atoms with Crippen LogP contribution >= 0.6 is 12.4 Å². The standard InChI is InChI=1S/C17H27NO.ClH/c1-13(2)16-7-6-14(3)17(11-16)19-10-8-15-5-4-9-18-12-15;/h6-7,11,13,15,18H,4-5,8-10,12H2,1-3H3;1H. The number of ether oxygens (including phenoxy) is 1. The highest BCUT2D eigenvalue weighted by molar-refractivity contribution is 5.85. The summed E-state index contributed by atoms with van der Waals surface area (Å²) in [6, 6.07) is 6.59. The molecule has 1 fully saturated rings. The van der Waals surface area contributed by atoms with Crippen molar-refractivity contribution in [3.8, 4) is 5.75 Å². The first-order chi connectivity index (χ1) is 9.16. The molecule has 1 heterocycles. The molecule has 20 heavy (non-hydrogen) atoms. The molecule has 0 amide bonds. The molecule has 1 aliphatic heterocycles. The van der Waals surface area contributed by atoms with Crippen molar-refractivity contribution >= 4 is 12.4 Å². The van der Waals surface area contributed by atoms with Crippen molar-refractivity contribution in [1.29, 1.82) is 0 Å². The van der Waals surface area contributed by atoms with Gasteiger partial charge in [0.25, 0.3) is 0 Å². The van der Waals surface area contributed by atoms with E-state index in [0.29, 0.717) is 5.92 Å². The van der Waals surface area contributed by atoms with Gasteiger partial charge in [0.1, 0.15) is 5.75 Å². The van der Waals surface area contributed by atoms with E-state index < -0.39 is 0 Å². The Morgan fingerprint density at radius 3 is 2.80 bits per heavy atom. The number of rotatable bonds is 5. The maximum Gasteiger partial charge on any atom is 0.122 e. The molecule has 1 aliphatic rings. The lowest BCUT2D eigenvalue weighted by molar-refractivity contribution is 0.253. The highest BCUT2D eigenvalue weighted by Crippen LogP contribution is 2.25. The topological polar surface area (TPSA) is 21.3 Å². The number of aryl methyl sites for hydroxylation is 1. The molecule has 0 bridgehead atoms. The number of benzene rings is 1. The maximum absolute atomic E-state index is 6.00. The highest BCUT2D eigenvalue weighted by atomic mass is 35.5. The summed E-state index contributed by atoms with van der Waals surface area (Å²) in [5, 5.41) is 3.46. The van der Waals surface area contributed by atoms with Crippen LogP contribution in [0.1, 0.15) is 50.2 Å². The van der Waals surface area contributed by atoms with Crippen LogP contribution in [-0.2, 0) is 0 Å². The Hall–Kier alpha value is -0.730. The largest absolute Gasteiger partial charge is 0.493 e. The Morgan fingerprint density at radius 1 is 1.35 bits per heavy atom. The Bertz CT molecular complexity index is 400. The lowest BCUT2D eigenvalue weighted by Crippen LogP contribution is -2.30. The fraction of sp³-hybridized carbons (Fsp3) is 0.647. The minimum atomic E-state index is 0. The molecule has 0 aromatic heterocycles. The zero-order valence-corrected chi connectivity index (χ0v) is 13.8. The van der Waals surface area contributed by atoms with E-state index in [9.17, 15) is 0 Å². The van der Waals surface area contributed by atoms with Gasteiger partial charge in [-0.1, -0.05) is 26.0 Å². The molecular formula is C17H28ClNO. The van der Waals surface area contributed by atoms with Gasteiger partial charge in [-0.25, -0.2) is 0 Å².